The van der Waals surface area contributed by atoms with Crippen molar-refractivity contribution < 1.29 is 4.74 Å². The minimum absolute atomic E-state index is 0.389. The second kappa shape index (κ2) is 8.76. The lowest BCUT2D eigenvalue weighted by atomic mass is 10.0. The van der Waals surface area contributed by atoms with Crippen LogP contribution in [0.3, 0.4) is 0 Å². The van der Waals surface area contributed by atoms with Gasteiger partial charge in [0.05, 0.1) is 0 Å². The third kappa shape index (κ3) is 5.57. The van der Waals surface area contributed by atoms with E-state index in [2.05, 4.69) is 12.2 Å². The van der Waals surface area contributed by atoms with Crippen LogP contribution in [-0.4, -0.2) is 25.8 Å². The zero-order valence-corrected chi connectivity index (χ0v) is 12.5. The number of hydrogen-bond acceptors (Lipinski definition) is 2. The van der Waals surface area contributed by atoms with Crippen molar-refractivity contribution in [2.24, 2.45) is 0 Å². The van der Waals surface area contributed by atoms with Gasteiger partial charge in [0.25, 0.3) is 0 Å². The Morgan fingerprint density at radius 2 is 2.06 bits per heavy atom. The van der Waals surface area contributed by atoms with Crippen LogP contribution < -0.4 is 5.32 Å². The summed E-state index contributed by atoms with van der Waals surface area (Å²) in [7, 11) is 0. The summed E-state index contributed by atoms with van der Waals surface area (Å²) in [6, 6.07) is 6.06. The lowest BCUT2D eigenvalue weighted by molar-refractivity contribution is 0.136. The number of rotatable bonds is 8. The summed E-state index contributed by atoms with van der Waals surface area (Å²) >= 11 is 12.1. The van der Waals surface area contributed by atoms with E-state index in [1.54, 1.807) is 6.07 Å². The Balaban J connectivity index is 2.58. The highest BCUT2D eigenvalue weighted by atomic mass is 35.5. The predicted molar refractivity (Wildman–Crippen MR) is 78.7 cm³/mol. The van der Waals surface area contributed by atoms with Gasteiger partial charge in [-0.15, -0.1) is 0 Å². The first-order valence-electron chi connectivity index (χ1n) is 6.42. The number of benzene rings is 1. The van der Waals surface area contributed by atoms with Gasteiger partial charge in [-0.05, 0) is 44.0 Å². The Morgan fingerprint density at radius 1 is 1.28 bits per heavy atom. The molecule has 0 heterocycles. The number of likely N-dealkylation sites (N-methyl/N-ethyl adjacent to an activating group) is 1. The van der Waals surface area contributed by atoms with E-state index in [0.29, 0.717) is 11.1 Å². The van der Waals surface area contributed by atoms with E-state index in [4.69, 9.17) is 27.9 Å². The Hall–Kier alpha value is -0.280. The van der Waals surface area contributed by atoms with E-state index >= 15 is 0 Å². The van der Waals surface area contributed by atoms with Crippen molar-refractivity contribution in [1.29, 1.82) is 0 Å². The van der Waals surface area contributed by atoms with Gasteiger partial charge in [-0.3, -0.25) is 0 Å². The molecule has 102 valence electrons. The fraction of sp³-hybridized carbons (Fsp3) is 0.571. The van der Waals surface area contributed by atoms with Crippen LogP contribution >= 0.6 is 23.2 Å². The third-order valence-electron chi connectivity index (χ3n) is 2.79. The summed E-state index contributed by atoms with van der Waals surface area (Å²) in [4.78, 5) is 0. The lowest BCUT2D eigenvalue weighted by Gasteiger charge is -2.18. The summed E-state index contributed by atoms with van der Waals surface area (Å²) in [6.45, 7) is 6.61. The molecule has 18 heavy (non-hydrogen) atoms. The highest BCUT2D eigenvalue weighted by molar-refractivity contribution is 6.35. The average molecular weight is 290 g/mol. The molecule has 1 unspecified atom stereocenters. The summed E-state index contributed by atoms with van der Waals surface area (Å²) in [6.07, 6.45) is 1.89. The van der Waals surface area contributed by atoms with Crippen LogP contribution in [0.5, 0.6) is 0 Å². The molecular formula is C14H21Cl2NO. The molecule has 1 atom stereocenters. The lowest BCUT2D eigenvalue weighted by Crippen LogP contribution is -2.32. The van der Waals surface area contributed by atoms with Gasteiger partial charge in [0, 0.05) is 29.3 Å². The number of ether oxygens (including phenoxy) is 1. The average Bonchev–Trinajstić information content (AvgIpc) is 2.33. The van der Waals surface area contributed by atoms with E-state index < -0.39 is 0 Å². The van der Waals surface area contributed by atoms with Crippen molar-refractivity contribution in [2.45, 2.75) is 32.7 Å². The molecule has 2 nitrogen and oxygen atoms in total. The molecule has 0 fully saturated rings. The van der Waals surface area contributed by atoms with E-state index in [-0.39, 0.29) is 0 Å². The van der Waals surface area contributed by atoms with Crippen LogP contribution in [0.2, 0.25) is 10.0 Å². The highest BCUT2D eigenvalue weighted by Gasteiger charge is 2.11. The maximum atomic E-state index is 6.19. The zero-order chi connectivity index (χ0) is 13.4. The van der Waals surface area contributed by atoms with E-state index in [1.165, 1.54) is 0 Å². The van der Waals surface area contributed by atoms with E-state index in [1.807, 2.05) is 19.1 Å². The minimum atomic E-state index is 0.389. The van der Waals surface area contributed by atoms with Crippen LogP contribution in [0, 0.1) is 0 Å². The molecule has 4 heteroatoms. The second-order valence-corrected chi connectivity index (χ2v) is 5.02. The van der Waals surface area contributed by atoms with Gasteiger partial charge < -0.3 is 10.1 Å². The maximum Gasteiger partial charge on any atom is 0.0480 e. The first-order valence-corrected chi connectivity index (χ1v) is 7.18. The minimum Gasteiger partial charge on any atom is -0.382 e. The molecule has 1 rings (SSSR count). The largest absolute Gasteiger partial charge is 0.382 e. The van der Waals surface area contributed by atoms with Gasteiger partial charge >= 0.3 is 0 Å². The van der Waals surface area contributed by atoms with Gasteiger partial charge in [0.1, 0.15) is 0 Å². The summed E-state index contributed by atoms with van der Waals surface area (Å²) in [5, 5.41) is 4.88. The van der Waals surface area contributed by atoms with Gasteiger partial charge in [-0.1, -0.05) is 36.2 Å². The zero-order valence-electron chi connectivity index (χ0n) is 11.0. The van der Waals surface area contributed by atoms with Gasteiger partial charge in [-0.25, -0.2) is 0 Å². The molecular weight excluding hydrogens is 269 g/mol. The van der Waals surface area contributed by atoms with Gasteiger partial charge in [0.15, 0.2) is 0 Å². The fourth-order valence-electron chi connectivity index (χ4n) is 1.89. The quantitative estimate of drug-likeness (QED) is 0.732. The summed E-state index contributed by atoms with van der Waals surface area (Å²) < 4.78 is 5.40. The molecule has 0 bridgehead atoms. The fourth-order valence-corrected chi connectivity index (χ4v) is 2.37. The molecule has 0 amide bonds. The monoisotopic (exact) mass is 289 g/mol. The Morgan fingerprint density at radius 3 is 2.67 bits per heavy atom. The van der Waals surface area contributed by atoms with Crippen LogP contribution in [0.25, 0.3) is 0 Å². The molecule has 0 aliphatic rings. The third-order valence-corrected chi connectivity index (χ3v) is 3.38. The first-order chi connectivity index (χ1) is 8.67. The Bertz CT molecular complexity index is 358. The summed E-state index contributed by atoms with van der Waals surface area (Å²) in [5.74, 6) is 0. The predicted octanol–water partition coefficient (Wildman–Crippen LogP) is 3.94. The highest BCUT2D eigenvalue weighted by Crippen LogP contribution is 2.22. The van der Waals surface area contributed by atoms with Crippen molar-refractivity contribution in [2.75, 3.05) is 19.8 Å². The van der Waals surface area contributed by atoms with Crippen molar-refractivity contribution in [3.05, 3.63) is 33.8 Å². The molecule has 0 aromatic heterocycles. The Labute approximate surface area is 120 Å². The topological polar surface area (TPSA) is 21.3 Å². The molecule has 1 aromatic carbocycles. The molecule has 0 aliphatic carbocycles. The number of halogens is 2. The van der Waals surface area contributed by atoms with Gasteiger partial charge in [-0.2, -0.15) is 0 Å². The second-order valence-electron chi connectivity index (χ2n) is 4.18. The Kier molecular flexibility index (Phi) is 7.68. The van der Waals surface area contributed by atoms with Crippen molar-refractivity contribution in [3.63, 3.8) is 0 Å². The van der Waals surface area contributed by atoms with Crippen LogP contribution in [0.4, 0.5) is 0 Å². The molecule has 0 saturated heterocycles. The van der Waals surface area contributed by atoms with Crippen molar-refractivity contribution >= 4 is 23.2 Å². The van der Waals surface area contributed by atoms with E-state index in [0.717, 1.165) is 43.2 Å². The normalized spacial score (nSPS) is 12.7. The maximum absolute atomic E-state index is 6.19. The molecule has 1 N–H and O–H groups in total. The molecule has 0 saturated carbocycles. The van der Waals surface area contributed by atoms with Gasteiger partial charge in [0.2, 0.25) is 0 Å². The van der Waals surface area contributed by atoms with Crippen molar-refractivity contribution in [1.82, 2.24) is 5.32 Å². The molecule has 0 radical (unpaired) electrons. The standard InChI is InChI=1S/C14H21Cl2NO/c1-3-17-13(7-8-18-4-2)9-11-5-6-12(15)10-14(11)16/h5-6,10,13,17H,3-4,7-9H2,1-2H3. The van der Waals surface area contributed by atoms with Crippen molar-refractivity contribution in [3.8, 4) is 0 Å². The molecule has 0 aliphatic heterocycles. The van der Waals surface area contributed by atoms with Crippen LogP contribution in [0.15, 0.2) is 18.2 Å². The smallest absolute Gasteiger partial charge is 0.0480 e. The van der Waals surface area contributed by atoms with Crippen LogP contribution in [-0.2, 0) is 11.2 Å². The first kappa shape index (κ1) is 15.8. The summed E-state index contributed by atoms with van der Waals surface area (Å²) in [5.41, 5.74) is 1.13. The number of hydrogen-bond donors (Lipinski definition) is 1. The number of nitrogens with one attached hydrogen (secondary N) is 1. The molecule has 0 spiro atoms. The molecule has 1 aromatic rings. The van der Waals surface area contributed by atoms with Crippen LogP contribution in [0.1, 0.15) is 25.8 Å². The SMILES string of the molecule is CCNC(CCOCC)Cc1ccc(Cl)cc1Cl. The van der Waals surface area contributed by atoms with E-state index in [9.17, 15) is 0 Å².